The number of anilines is 1. The molecule has 1 aliphatic heterocycles. The second-order valence-corrected chi connectivity index (χ2v) is 8.73. The third-order valence-corrected chi connectivity index (χ3v) is 6.46. The van der Waals surface area contributed by atoms with Crippen molar-refractivity contribution in [3.05, 3.63) is 83.2 Å². The van der Waals surface area contributed by atoms with E-state index in [1.165, 1.54) is 6.07 Å². The monoisotopic (exact) mass is 471 g/mol. The minimum atomic E-state index is -0.925. The molecule has 1 heterocycles. The summed E-state index contributed by atoms with van der Waals surface area (Å²) in [6.45, 7) is 3.83. The maximum Gasteiger partial charge on any atom is 0.305 e. The summed E-state index contributed by atoms with van der Waals surface area (Å²) in [7, 11) is 1.56. The van der Waals surface area contributed by atoms with Crippen molar-refractivity contribution in [2.75, 3.05) is 12.1 Å². The Morgan fingerprint density at radius 1 is 1.17 bits per heavy atom. The molecule has 0 radical (unpaired) electrons. The fourth-order valence-corrected chi connectivity index (χ4v) is 4.39. The van der Waals surface area contributed by atoms with Gasteiger partial charge in [0.15, 0.2) is 0 Å². The van der Waals surface area contributed by atoms with E-state index >= 15 is 0 Å². The van der Waals surface area contributed by atoms with Crippen LogP contribution in [-0.2, 0) is 11.2 Å². The Morgan fingerprint density at radius 3 is 2.54 bits per heavy atom. The standard InChI is InChI=1S/C28H26FN3O3/c1-17-12-21(24-14-23(35-3)10-11-25(24)29)7-6-20(17)13-19-4-8-22(9-5-19)32-27(15-28(33)34)18(2)26(16-30)31-32/h4-12,14,18,27H,13,15H2,1-3H3,(H,33,34). The molecule has 35 heavy (non-hydrogen) atoms. The van der Waals surface area contributed by atoms with E-state index in [0.717, 1.165) is 27.9 Å². The molecule has 4 rings (SSSR count). The Hall–Kier alpha value is -4.18. The Balaban J connectivity index is 1.54. The third kappa shape index (κ3) is 5.02. The lowest BCUT2D eigenvalue weighted by Crippen LogP contribution is -2.34. The lowest BCUT2D eigenvalue weighted by molar-refractivity contribution is -0.137. The van der Waals surface area contributed by atoms with Crippen molar-refractivity contribution in [1.82, 2.24) is 0 Å². The molecule has 7 heteroatoms. The van der Waals surface area contributed by atoms with Gasteiger partial charge in [0.25, 0.3) is 0 Å². The van der Waals surface area contributed by atoms with Crippen molar-refractivity contribution in [2.45, 2.75) is 32.7 Å². The number of nitriles is 1. The van der Waals surface area contributed by atoms with Crippen molar-refractivity contribution in [1.29, 1.82) is 5.26 Å². The fraction of sp³-hybridized carbons (Fsp3) is 0.250. The van der Waals surface area contributed by atoms with Gasteiger partial charge in [0.2, 0.25) is 0 Å². The van der Waals surface area contributed by atoms with Crippen LogP contribution in [0.4, 0.5) is 10.1 Å². The SMILES string of the molecule is COc1ccc(F)c(-c2ccc(Cc3ccc(N4N=C(C#N)C(C)C4CC(=O)O)cc3)c(C)c2)c1. The lowest BCUT2D eigenvalue weighted by Gasteiger charge is -2.25. The zero-order valence-electron chi connectivity index (χ0n) is 19.8. The highest BCUT2D eigenvalue weighted by molar-refractivity contribution is 6.03. The number of ether oxygens (including phenoxy) is 1. The first-order valence-corrected chi connectivity index (χ1v) is 11.3. The van der Waals surface area contributed by atoms with Crippen LogP contribution in [0.5, 0.6) is 5.75 Å². The number of rotatable bonds is 7. The molecule has 3 aromatic rings. The van der Waals surface area contributed by atoms with E-state index in [9.17, 15) is 19.6 Å². The van der Waals surface area contributed by atoms with E-state index in [0.29, 0.717) is 23.4 Å². The predicted molar refractivity (Wildman–Crippen MR) is 133 cm³/mol. The van der Waals surface area contributed by atoms with Crippen molar-refractivity contribution in [2.24, 2.45) is 11.0 Å². The first kappa shape index (κ1) is 24.0. The van der Waals surface area contributed by atoms with Crippen molar-refractivity contribution < 1.29 is 19.0 Å². The number of aryl methyl sites for hydroxylation is 1. The first-order chi connectivity index (χ1) is 16.8. The van der Waals surface area contributed by atoms with Crippen LogP contribution in [0.25, 0.3) is 11.1 Å². The van der Waals surface area contributed by atoms with E-state index in [1.54, 1.807) is 24.3 Å². The molecule has 2 atom stereocenters. The average molecular weight is 472 g/mol. The van der Waals surface area contributed by atoms with Gasteiger partial charge in [-0.05, 0) is 65.9 Å². The highest BCUT2D eigenvalue weighted by Gasteiger charge is 2.36. The normalized spacial score (nSPS) is 17.1. The van der Waals surface area contributed by atoms with Gasteiger partial charge in [0.1, 0.15) is 23.3 Å². The topological polar surface area (TPSA) is 85.9 Å². The van der Waals surface area contributed by atoms with Crippen LogP contribution >= 0.6 is 0 Å². The molecule has 0 aromatic heterocycles. The minimum absolute atomic E-state index is 0.100. The summed E-state index contributed by atoms with van der Waals surface area (Å²) < 4.78 is 19.6. The Bertz CT molecular complexity index is 1330. The molecule has 0 spiro atoms. The molecule has 0 fully saturated rings. The number of hydrazone groups is 1. The number of halogens is 1. The van der Waals surface area contributed by atoms with Crippen molar-refractivity contribution in [3.63, 3.8) is 0 Å². The largest absolute Gasteiger partial charge is 0.497 e. The van der Waals surface area contributed by atoms with Gasteiger partial charge >= 0.3 is 5.97 Å². The maximum atomic E-state index is 14.4. The highest BCUT2D eigenvalue weighted by atomic mass is 19.1. The zero-order chi connectivity index (χ0) is 25.1. The van der Waals surface area contributed by atoms with E-state index in [1.807, 2.05) is 56.3 Å². The average Bonchev–Trinajstić information content (AvgIpc) is 3.16. The molecule has 1 aliphatic rings. The number of hydrogen-bond acceptors (Lipinski definition) is 5. The summed E-state index contributed by atoms with van der Waals surface area (Å²) in [6, 6.07) is 20.0. The van der Waals surface area contributed by atoms with Gasteiger partial charge in [-0.2, -0.15) is 10.4 Å². The molecule has 0 amide bonds. The van der Waals surface area contributed by atoms with Gasteiger partial charge in [0, 0.05) is 11.5 Å². The second kappa shape index (κ2) is 9.98. The number of methoxy groups -OCH3 is 1. The minimum Gasteiger partial charge on any atom is -0.497 e. The molecule has 0 aliphatic carbocycles. The summed E-state index contributed by atoms with van der Waals surface area (Å²) in [4.78, 5) is 11.3. The number of carboxylic acid groups (broad SMARTS) is 1. The number of hydrogen-bond donors (Lipinski definition) is 1. The van der Waals surface area contributed by atoms with Gasteiger partial charge in [-0.15, -0.1) is 0 Å². The molecular formula is C28H26FN3O3. The molecule has 0 saturated heterocycles. The van der Waals surface area contributed by atoms with Crippen LogP contribution in [0.15, 0.2) is 65.8 Å². The fourth-order valence-electron chi connectivity index (χ4n) is 4.39. The van der Waals surface area contributed by atoms with Crippen LogP contribution in [-0.4, -0.2) is 29.9 Å². The number of aliphatic carboxylic acids is 1. The summed E-state index contributed by atoms with van der Waals surface area (Å²) in [6.07, 6.45) is 0.589. The quantitative estimate of drug-likeness (QED) is 0.486. The van der Waals surface area contributed by atoms with Gasteiger partial charge in [-0.25, -0.2) is 4.39 Å². The smallest absolute Gasteiger partial charge is 0.305 e. The van der Waals surface area contributed by atoms with Crippen molar-refractivity contribution in [3.8, 4) is 22.9 Å². The lowest BCUT2D eigenvalue weighted by atomic mass is 9.94. The maximum absolute atomic E-state index is 14.4. The van der Waals surface area contributed by atoms with E-state index in [4.69, 9.17) is 4.74 Å². The van der Waals surface area contributed by atoms with E-state index in [-0.39, 0.29) is 18.2 Å². The number of nitrogens with zero attached hydrogens (tertiary/aromatic N) is 3. The summed E-state index contributed by atoms with van der Waals surface area (Å²) in [5.74, 6) is -0.877. The number of carboxylic acids is 1. The molecular weight excluding hydrogens is 445 g/mol. The second-order valence-electron chi connectivity index (χ2n) is 8.73. The Morgan fingerprint density at radius 2 is 1.91 bits per heavy atom. The summed E-state index contributed by atoms with van der Waals surface area (Å²) in [5, 5.41) is 24.6. The van der Waals surface area contributed by atoms with Crippen LogP contribution in [0, 0.1) is 30.0 Å². The number of benzene rings is 3. The molecule has 178 valence electrons. The Labute approximate surface area is 203 Å². The number of carbonyl (C=O) groups is 1. The van der Waals surface area contributed by atoms with Crippen LogP contribution in [0.1, 0.15) is 30.0 Å². The van der Waals surface area contributed by atoms with Crippen molar-refractivity contribution >= 4 is 17.4 Å². The van der Waals surface area contributed by atoms with Gasteiger partial charge in [-0.3, -0.25) is 9.80 Å². The van der Waals surface area contributed by atoms with Gasteiger partial charge in [-0.1, -0.05) is 37.3 Å². The summed E-state index contributed by atoms with van der Waals surface area (Å²) in [5.41, 5.74) is 5.61. The molecule has 2 unspecified atom stereocenters. The van der Waals surface area contributed by atoms with E-state index in [2.05, 4.69) is 11.2 Å². The molecule has 0 saturated carbocycles. The predicted octanol–water partition coefficient (Wildman–Crippen LogP) is 5.58. The van der Waals surface area contributed by atoms with Gasteiger partial charge < -0.3 is 9.84 Å². The molecule has 1 N–H and O–H groups in total. The first-order valence-electron chi connectivity index (χ1n) is 11.3. The van der Waals surface area contributed by atoms with Gasteiger partial charge in [0.05, 0.1) is 25.3 Å². The zero-order valence-corrected chi connectivity index (χ0v) is 19.8. The highest BCUT2D eigenvalue weighted by Crippen LogP contribution is 2.32. The molecule has 3 aromatic carbocycles. The van der Waals surface area contributed by atoms with Crippen LogP contribution in [0.3, 0.4) is 0 Å². The summed E-state index contributed by atoms with van der Waals surface area (Å²) >= 11 is 0. The van der Waals surface area contributed by atoms with Crippen LogP contribution in [0.2, 0.25) is 0 Å². The third-order valence-electron chi connectivity index (χ3n) is 6.46. The molecule has 6 nitrogen and oxygen atoms in total. The Kier molecular flexibility index (Phi) is 6.83. The van der Waals surface area contributed by atoms with Crippen LogP contribution < -0.4 is 9.75 Å². The van der Waals surface area contributed by atoms with E-state index < -0.39 is 12.0 Å². The molecule has 0 bridgehead atoms.